The predicted octanol–water partition coefficient (Wildman–Crippen LogP) is 3.12. The number of hydrogen-bond acceptors (Lipinski definition) is 11. The van der Waals surface area contributed by atoms with Gasteiger partial charge in [-0.15, -0.1) is 0 Å². The Morgan fingerprint density at radius 2 is 1.86 bits per heavy atom. The molecule has 0 aromatic carbocycles. The van der Waals surface area contributed by atoms with Gasteiger partial charge in [0.25, 0.3) is 0 Å². The number of aliphatic imine (C=N–C) groups is 1. The molecule has 3 aliphatic heterocycles. The summed E-state index contributed by atoms with van der Waals surface area (Å²) in [6.45, 7) is 3.37. The number of ether oxygens (including phenoxy) is 2. The molecule has 9 N–H and O–H groups in total. The average Bonchev–Trinajstić information content (AvgIpc) is 3.32. The molecular formula is C35H64N6O6S2. The minimum absolute atomic E-state index is 0.0434. The fraction of sp³-hybridized carbons (Fsp3) is 0.914. The van der Waals surface area contributed by atoms with Gasteiger partial charge in [0.1, 0.15) is 6.10 Å². The summed E-state index contributed by atoms with van der Waals surface area (Å²) in [6.07, 6.45) is 10.2. The fourth-order valence-corrected chi connectivity index (χ4v) is 11.3. The number of nitrogens with zero attached hydrogens (tertiary/aromatic N) is 2. The molecule has 12 nitrogen and oxygen atoms in total. The minimum atomic E-state index is -0.685. The second-order valence-corrected chi connectivity index (χ2v) is 18.0. The topological polar surface area (TPSA) is 199 Å². The van der Waals surface area contributed by atoms with Crippen LogP contribution in [0.3, 0.4) is 0 Å². The van der Waals surface area contributed by atoms with Crippen molar-refractivity contribution in [3.05, 3.63) is 0 Å². The molecule has 3 saturated heterocycles. The zero-order chi connectivity index (χ0) is 35.4. The number of piperidine rings is 1. The van der Waals surface area contributed by atoms with Crippen LogP contribution in [0.5, 0.6) is 0 Å². The molecule has 4 fully saturated rings. The molecule has 6 unspecified atom stereocenters. The van der Waals surface area contributed by atoms with E-state index in [9.17, 15) is 19.8 Å². The molecule has 0 spiro atoms. The molecule has 4 aliphatic rings. The maximum atomic E-state index is 13.9. The summed E-state index contributed by atoms with van der Waals surface area (Å²) < 4.78 is 11.5. The SMILES string of the molecule is COC1CC2CC[C@H](OC(C)=O)C[C@@H](O)CCCCCCSSC[C@@H](N=C(N)N)C[C@]3(CC4CCNC(N)C4)CC(=O)N(CC(C2)C1O)C3. The van der Waals surface area contributed by atoms with Gasteiger partial charge in [-0.3, -0.25) is 9.59 Å². The Bertz CT molecular complexity index is 1070. The van der Waals surface area contributed by atoms with Gasteiger partial charge in [-0.25, -0.2) is 4.99 Å². The van der Waals surface area contributed by atoms with E-state index in [1.54, 1.807) is 17.9 Å². The van der Waals surface area contributed by atoms with Crippen LogP contribution in [0.1, 0.15) is 103 Å². The van der Waals surface area contributed by atoms with Gasteiger partial charge in [-0.1, -0.05) is 40.9 Å². The fourth-order valence-electron chi connectivity index (χ4n) is 8.94. The molecule has 282 valence electrons. The summed E-state index contributed by atoms with van der Waals surface area (Å²) in [5, 5.41) is 25.6. The van der Waals surface area contributed by atoms with Crippen molar-refractivity contribution in [1.29, 1.82) is 0 Å². The molecule has 1 amide bonds. The van der Waals surface area contributed by atoms with E-state index < -0.39 is 12.2 Å². The highest BCUT2D eigenvalue weighted by Gasteiger charge is 2.48. The van der Waals surface area contributed by atoms with Gasteiger partial charge < -0.3 is 47.1 Å². The van der Waals surface area contributed by atoms with Gasteiger partial charge in [0.15, 0.2) is 5.96 Å². The van der Waals surface area contributed by atoms with Gasteiger partial charge in [-0.05, 0) is 88.0 Å². The monoisotopic (exact) mass is 728 g/mol. The molecule has 0 aromatic heterocycles. The van der Waals surface area contributed by atoms with E-state index in [-0.39, 0.29) is 59.5 Å². The van der Waals surface area contributed by atoms with Crippen molar-refractivity contribution in [2.75, 3.05) is 38.2 Å². The summed E-state index contributed by atoms with van der Waals surface area (Å²) >= 11 is 0. The molecule has 4 bridgehead atoms. The lowest BCUT2D eigenvalue weighted by Crippen LogP contribution is -2.48. The van der Waals surface area contributed by atoms with Crippen LogP contribution in [-0.4, -0.2) is 108 Å². The first-order valence-corrected chi connectivity index (χ1v) is 21.1. The van der Waals surface area contributed by atoms with E-state index in [0.717, 1.165) is 82.3 Å². The smallest absolute Gasteiger partial charge is 0.302 e. The highest BCUT2D eigenvalue weighted by Crippen LogP contribution is 2.46. The first kappa shape index (κ1) is 40.5. The van der Waals surface area contributed by atoms with Crippen molar-refractivity contribution in [3.63, 3.8) is 0 Å². The van der Waals surface area contributed by atoms with Crippen LogP contribution < -0.4 is 22.5 Å². The van der Waals surface area contributed by atoms with E-state index in [4.69, 9.17) is 26.7 Å². The Balaban J connectivity index is 1.56. The Morgan fingerprint density at radius 3 is 2.59 bits per heavy atom. The standard InChI is InChI=1S/C35H64N6O6S2/c1-23(42)47-29-9-8-24-13-26(33(45)30(14-24)46-2)20-41-22-35(19-32(41)44,17-25-10-11-39-31(36)15-25)18-27(40-34(37)38)21-49-48-12-6-4-3-5-7-28(43)16-29/h24-31,33,39,43,45H,3-22,36H2,1-2H3,(H4,37,38,40)/t24?,25?,26?,27-,28-,29-,30?,31?,33?,35+/m0/s1. The van der Waals surface area contributed by atoms with Crippen LogP contribution in [0.25, 0.3) is 0 Å². The third kappa shape index (κ3) is 13.3. The first-order chi connectivity index (χ1) is 23.4. The highest BCUT2D eigenvalue weighted by atomic mass is 33.1. The Kier molecular flexibility index (Phi) is 16.6. The normalized spacial score (nSPS) is 38.0. The quantitative estimate of drug-likeness (QED) is 0.105. The van der Waals surface area contributed by atoms with E-state index in [1.807, 2.05) is 15.7 Å². The van der Waals surface area contributed by atoms with Crippen LogP contribution in [0.4, 0.5) is 0 Å². The minimum Gasteiger partial charge on any atom is -0.462 e. The van der Waals surface area contributed by atoms with Gasteiger partial charge in [0, 0.05) is 57.4 Å². The summed E-state index contributed by atoms with van der Waals surface area (Å²) in [4.78, 5) is 32.5. The summed E-state index contributed by atoms with van der Waals surface area (Å²) in [6, 6.07) is -0.110. The number of carbonyl (C=O) groups excluding carboxylic acids is 2. The number of guanidine groups is 1. The van der Waals surface area contributed by atoms with Crippen molar-refractivity contribution < 1.29 is 29.3 Å². The zero-order valence-electron chi connectivity index (χ0n) is 29.8. The van der Waals surface area contributed by atoms with Gasteiger partial charge in [0.2, 0.25) is 5.91 Å². The number of fused-ring (bicyclic) bond motifs is 4. The molecule has 4 rings (SSSR count). The maximum absolute atomic E-state index is 13.9. The number of aliphatic hydroxyl groups is 2. The second kappa shape index (κ2) is 20.1. The van der Waals surface area contributed by atoms with Crippen molar-refractivity contribution >= 4 is 39.4 Å². The van der Waals surface area contributed by atoms with Crippen LogP contribution in [0.2, 0.25) is 0 Å². The molecule has 1 saturated carbocycles. The molecule has 49 heavy (non-hydrogen) atoms. The van der Waals surface area contributed by atoms with Crippen molar-refractivity contribution in [3.8, 4) is 0 Å². The second-order valence-electron chi connectivity index (χ2n) is 15.4. The van der Waals surface area contributed by atoms with Crippen molar-refractivity contribution in [1.82, 2.24) is 10.2 Å². The van der Waals surface area contributed by atoms with Crippen molar-refractivity contribution in [2.24, 2.45) is 45.4 Å². The largest absolute Gasteiger partial charge is 0.462 e. The van der Waals surface area contributed by atoms with Gasteiger partial charge in [-0.2, -0.15) is 0 Å². The molecule has 14 heteroatoms. The third-order valence-electron chi connectivity index (χ3n) is 11.1. The number of carbonyl (C=O) groups is 2. The van der Waals surface area contributed by atoms with Crippen LogP contribution in [-0.2, 0) is 19.1 Å². The van der Waals surface area contributed by atoms with Crippen LogP contribution >= 0.6 is 21.6 Å². The maximum Gasteiger partial charge on any atom is 0.302 e. The van der Waals surface area contributed by atoms with E-state index in [2.05, 4.69) is 10.3 Å². The molecule has 0 aromatic rings. The predicted molar refractivity (Wildman–Crippen MR) is 198 cm³/mol. The van der Waals surface area contributed by atoms with Crippen LogP contribution in [0, 0.1) is 23.2 Å². The number of methoxy groups -OCH3 is 1. The summed E-state index contributed by atoms with van der Waals surface area (Å²) in [5.41, 5.74) is 17.9. The lowest BCUT2D eigenvalue weighted by molar-refractivity contribution is -0.148. The molecular weight excluding hydrogens is 665 g/mol. The molecule has 3 heterocycles. The lowest BCUT2D eigenvalue weighted by atomic mass is 9.71. The number of amides is 1. The van der Waals surface area contributed by atoms with E-state index in [0.29, 0.717) is 51.1 Å². The molecule has 10 atom stereocenters. The number of rotatable bonds is 5. The first-order valence-electron chi connectivity index (χ1n) is 18.6. The highest BCUT2D eigenvalue weighted by molar-refractivity contribution is 8.76. The Morgan fingerprint density at radius 1 is 1.06 bits per heavy atom. The zero-order valence-corrected chi connectivity index (χ0v) is 31.4. The number of esters is 1. The Labute approximate surface area is 301 Å². The molecule has 1 aliphatic carbocycles. The molecule has 0 radical (unpaired) electrons. The van der Waals surface area contributed by atoms with Crippen molar-refractivity contribution in [2.45, 2.75) is 140 Å². The van der Waals surface area contributed by atoms with E-state index >= 15 is 0 Å². The summed E-state index contributed by atoms with van der Waals surface area (Å²) in [5.74, 6) is 2.14. The number of nitrogens with one attached hydrogen (secondary N) is 1. The van der Waals surface area contributed by atoms with Gasteiger partial charge >= 0.3 is 5.97 Å². The van der Waals surface area contributed by atoms with E-state index in [1.165, 1.54) is 6.92 Å². The average molecular weight is 729 g/mol. The number of aliphatic hydroxyl groups excluding tert-OH is 2. The van der Waals surface area contributed by atoms with Crippen LogP contribution in [0.15, 0.2) is 4.99 Å². The number of hydrogen-bond donors (Lipinski definition) is 6. The van der Waals surface area contributed by atoms with Gasteiger partial charge in [0.05, 0.1) is 30.5 Å². The summed E-state index contributed by atoms with van der Waals surface area (Å²) in [7, 11) is 5.27. The lowest BCUT2D eigenvalue weighted by Gasteiger charge is -2.41. The Hall–Kier alpha value is -1.29. The third-order valence-corrected chi connectivity index (χ3v) is 13.7. The number of nitrogens with two attached hydrogens (primary N) is 3.